The average Bonchev–Trinajstić information content (AvgIpc) is 1.56. The van der Waals surface area contributed by atoms with Gasteiger partial charge in [0.25, 0.3) is 0 Å². The van der Waals surface area contributed by atoms with Crippen LogP contribution in [0.15, 0.2) is 0 Å². The number of hydrogen-bond acceptors (Lipinski definition) is 29. The molecule has 5 rings (SSSR count). The van der Waals surface area contributed by atoms with E-state index >= 15 is 0 Å². The molecule has 2 bridgehead atoms. The summed E-state index contributed by atoms with van der Waals surface area (Å²) in [6.07, 6.45) is 20.1. The lowest BCUT2D eigenvalue weighted by atomic mass is 9.70. The maximum atomic E-state index is 14.6. The fourth-order valence-corrected chi connectivity index (χ4v) is 23.5. The molecule has 5 aliphatic rings. The van der Waals surface area contributed by atoms with Crippen molar-refractivity contribution in [2.24, 2.45) is 50.2 Å². The van der Waals surface area contributed by atoms with Gasteiger partial charge in [-0.2, -0.15) is 0 Å². The Balaban J connectivity index is 0.000000569. The molecule has 0 radical (unpaired) electrons. The van der Waals surface area contributed by atoms with Crippen LogP contribution in [0.2, 0.25) is 5.54 Å². The predicted octanol–water partition coefficient (Wildman–Crippen LogP) is 15.8. The minimum absolute atomic E-state index is 0.0242. The number of ether oxygens (including phenoxy) is 9. The van der Waals surface area contributed by atoms with Crippen molar-refractivity contribution in [1.29, 1.82) is 0 Å². The second-order valence-electron chi connectivity index (χ2n) is 41.3. The van der Waals surface area contributed by atoms with Crippen LogP contribution in [-0.2, 0) is 133 Å². The van der Waals surface area contributed by atoms with Crippen molar-refractivity contribution in [3.63, 3.8) is 0 Å². The number of carbonyl (C=O) groups excluding carboxylic acids is 16. The summed E-state index contributed by atoms with van der Waals surface area (Å²) in [5.41, 5.74) is -3.77. The molecule has 2 aliphatic carbocycles. The molecule has 0 aromatic rings. The number of nitrogens with one attached hydrogen (secondary N) is 1. The highest BCUT2D eigenvalue weighted by molar-refractivity contribution is 6.62. The molecule has 3 aliphatic heterocycles. The highest BCUT2D eigenvalue weighted by atomic mass is 28.4. The third-order valence-electron chi connectivity index (χ3n) is 29.4. The first-order valence-electron chi connectivity index (χ1n) is 51.6. The van der Waals surface area contributed by atoms with Gasteiger partial charge in [-0.05, 0) is 282 Å². The molecule has 0 aromatic heterocycles. The van der Waals surface area contributed by atoms with Crippen LogP contribution >= 0.6 is 0 Å². The van der Waals surface area contributed by atoms with Gasteiger partial charge in [-0.3, -0.25) is 76.7 Å². The molecule has 5 fully saturated rings. The maximum Gasteiger partial charge on any atom is 0.504 e. The molecule has 0 spiro atoms. The topological polar surface area (TPSA) is 409 Å². The zero-order valence-electron chi connectivity index (χ0n) is 88.8. The molecule has 3 heterocycles. The van der Waals surface area contributed by atoms with Crippen molar-refractivity contribution >= 4 is 104 Å². The van der Waals surface area contributed by atoms with E-state index in [2.05, 4.69) is 37.9 Å². The van der Waals surface area contributed by atoms with E-state index < -0.39 is 78.1 Å². The molecule has 3 saturated heterocycles. The molecule has 792 valence electrons. The summed E-state index contributed by atoms with van der Waals surface area (Å²) in [5, 5.41) is 3.06. The van der Waals surface area contributed by atoms with Gasteiger partial charge in [0, 0.05) is 107 Å². The summed E-state index contributed by atoms with van der Waals surface area (Å²) >= 11 is 0. The first-order valence-corrected chi connectivity index (χ1v) is 53.5. The number of hydrogen-bond donors (Lipinski definition) is 1. The summed E-state index contributed by atoms with van der Waals surface area (Å²) in [6.45, 7) is 41.0. The lowest BCUT2D eigenvalue weighted by Crippen LogP contribution is -2.50. The van der Waals surface area contributed by atoms with E-state index in [4.69, 9.17) is 55.9 Å². The Morgan fingerprint density at radius 2 is 0.870 bits per heavy atom. The first kappa shape index (κ1) is 124. The van der Waals surface area contributed by atoms with Crippen molar-refractivity contribution in [1.82, 2.24) is 24.9 Å². The largest absolute Gasteiger partial charge is 0.504 e. The zero-order valence-corrected chi connectivity index (χ0v) is 89.8. The van der Waals surface area contributed by atoms with Crippen LogP contribution in [-0.4, -0.2) is 267 Å². The number of amides is 4. The Hall–Kier alpha value is -7.82. The zero-order chi connectivity index (χ0) is 104. The van der Waals surface area contributed by atoms with Gasteiger partial charge in [-0.1, -0.05) is 74.1 Å². The summed E-state index contributed by atoms with van der Waals surface area (Å²) in [4.78, 5) is 208. The molecule has 14 atom stereocenters. The Labute approximate surface area is 826 Å². The quantitative estimate of drug-likeness (QED) is 0.0194. The summed E-state index contributed by atoms with van der Waals surface area (Å²) in [5.74, 6) is -5.81. The monoisotopic (exact) mass is 1970 g/mol. The van der Waals surface area contributed by atoms with Gasteiger partial charge in [0.1, 0.15) is 88.5 Å². The molecule has 1 N–H and O–H groups in total. The Morgan fingerprint density at radius 1 is 0.478 bits per heavy atom. The van der Waals surface area contributed by atoms with E-state index in [1.165, 1.54) is 34.8 Å². The highest BCUT2D eigenvalue weighted by Gasteiger charge is 2.63. The van der Waals surface area contributed by atoms with Crippen molar-refractivity contribution in [3.05, 3.63) is 0 Å². The van der Waals surface area contributed by atoms with E-state index in [1.54, 1.807) is 6.92 Å². The summed E-state index contributed by atoms with van der Waals surface area (Å²) in [6, 6.07) is -0.626. The van der Waals surface area contributed by atoms with E-state index in [-0.39, 0.29) is 177 Å². The van der Waals surface area contributed by atoms with E-state index in [0.29, 0.717) is 155 Å². The molecular weight excluding hydrogens is 1800 g/mol. The van der Waals surface area contributed by atoms with Gasteiger partial charge in [0.15, 0.2) is 0 Å². The molecule has 34 heteroatoms. The van der Waals surface area contributed by atoms with Crippen molar-refractivity contribution < 1.29 is 133 Å². The van der Waals surface area contributed by atoms with Crippen LogP contribution in [0.3, 0.4) is 0 Å². The minimum atomic E-state index is -2.98. The minimum Gasteiger partial charge on any atom is -0.469 e. The normalized spacial score (nSPS) is 20.5. The number of Topliss-reactive ketones (excluding diaryl/α,β-unsaturated/α-hetero) is 3. The third kappa shape index (κ3) is 41.6. The van der Waals surface area contributed by atoms with Crippen LogP contribution in [0.5, 0.6) is 0 Å². The SMILES string of the molecule is CCC(C)(CCC(C)(CC(C)N1CCCCCC1=O)C(=O)OCCOC(=O)CC(C)=O)C(=O)NCCCN(C)C.CCC(CCC(C)(CC(C)N1CCCCCC1=O)C(=O)OCCOC(=O)CC(C)=O)OC(C)=O.CCO[Si](OCC)(OCC)C(CC)CCCC(CCC(CCC(C)(CC(C)N1CCCCCC1=O)C(=O)OCCOC(=O)CC(C)=O)C(=O)OC1CC2CCC1(C)C2(C)C)C(=O)OC. The first-order chi connectivity index (χ1) is 65.0. The number of carbonyl (C=O) groups is 16. The fraction of sp³-hybridized carbons (Fsp3) is 0.846. The number of methoxy groups -OCH3 is 1. The third-order valence-corrected chi connectivity index (χ3v) is 33.1. The average molecular weight is 1980 g/mol. The van der Waals surface area contributed by atoms with Crippen LogP contribution in [0.25, 0.3) is 0 Å². The lowest BCUT2D eigenvalue weighted by Gasteiger charge is -2.39. The number of ketones is 3. The second kappa shape index (κ2) is 62.6. The van der Waals surface area contributed by atoms with Crippen molar-refractivity contribution in [2.45, 2.75) is 405 Å². The van der Waals surface area contributed by atoms with Gasteiger partial charge >= 0.3 is 62.5 Å². The maximum absolute atomic E-state index is 14.6. The van der Waals surface area contributed by atoms with Gasteiger partial charge in [-0.25, -0.2) is 0 Å². The molecule has 2 saturated carbocycles. The van der Waals surface area contributed by atoms with E-state index in [9.17, 15) is 76.7 Å². The van der Waals surface area contributed by atoms with Crippen molar-refractivity contribution in [3.8, 4) is 0 Å². The van der Waals surface area contributed by atoms with E-state index in [1.807, 2.05) is 105 Å². The fourth-order valence-electron chi connectivity index (χ4n) is 20.3. The smallest absolute Gasteiger partial charge is 0.469 e. The number of fused-ring (bicyclic) bond motifs is 2. The van der Waals surface area contributed by atoms with Crippen LogP contribution in [0, 0.1) is 50.2 Å². The van der Waals surface area contributed by atoms with Gasteiger partial charge in [0.2, 0.25) is 23.6 Å². The molecule has 4 amide bonds. The van der Waals surface area contributed by atoms with Gasteiger partial charge in [0.05, 0.1) is 35.2 Å². The molecular formula is C104H179N5O28Si. The Morgan fingerprint density at radius 3 is 1.22 bits per heavy atom. The number of likely N-dealkylation sites (tertiary alicyclic amines) is 3. The number of rotatable bonds is 62. The van der Waals surface area contributed by atoms with Crippen molar-refractivity contribution in [2.75, 3.05) is 113 Å². The lowest BCUT2D eigenvalue weighted by molar-refractivity contribution is -0.165. The predicted molar refractivity (Wildman–Crippen MR) is 523 cm³/mol. The van der Waals surface area contributed by atoms with Gasteiger partial charge in [-0.15, -0.1) is 0 Å². The van der Waals surface area contributed by atoms with E-state index in [0.717, 1.165) is 103 Å². The molecule has 14 unspecified atom stereocenters. The highest BCUT2D eigenvalue weighted by Crippen LogP contribution is 2.66. The molecule has 33 nitrogen and oxygen atoms in total. The second-order valence-corrected chi connectivity index (χ2v) is 44.1. The Kier molecular flexibility index (Phi) is 56.4. The summed E-state index contributed by atoms with van der Waals surface area (Å²) in [7, 11) is 2.39. The summed E-state index contributed by atoms with van der Waals surface area (Å²) < 4.78 is 67.7. The molecule has 0 aromatic carbocycles. The van der Waals surface area contributed by atoms with Crippen LogP contribution in [0.1, 0.15) is 370 Å². The van der Waals surface area contributed by atoms with Crippen LogP contribution < -0.4 is 5.32 Å². The Bertz CT molecular complexity index is 3840. The standard InChI is InChI=1S/C49H85NO13Si.C30H53N3O7.C25H41NO8/c1-12-40(64(60-13-2,61-14-3)62-15-4)21-19-20-37(44(54)57-11)23-24-38(45(55)63-41-33-39-26-28-49(41,10)47(39,7)8)25-27-48(9,34-35(5)50-29-18-16-17-22-42(50)52)46(56)59-31-30-58-43(53)32-36(6)51;1-8-29(4,27(37)31-16-12-17-32(6)7)14-15-30(5,22-23(2)33-18-11-9-10-13-25(33)35)28(38)40-20-19-39-26(36)21-24(3)34;1-6-21(34-20(4)28)11-12-25(5,17-18(2)26-13-9-7-8-10-22(26)29)24(31)33-15-14-32-23(30)16-19(3)27/h35,37-41H,12-34H2,1-11H3;23H,8-22H2,1-7H3,(H,31,37);18,21H,6-17H2,1-5H3. The van der Waals surface area contributed by atoms with Crippen LogP contribution in [0.4, 0.5) is 0 Å². The number of esters is 9. The van der Waals surface area contributed by atoms with Gasteiger partial charge < -0.3 is 80.8 Å². The number of nitrogens with zero attached hydrogens (tertiary/aromatic N) is 4. The molecule has 138 heavy (non-hydrogen) atoms.